The van der Waals surface area contributed by atoms with E-state index in [1.54, 1.807) is 54.6 Å². The lowest BCUT2D eigenvalue weighted by Gasteiger charge is -2.10. The van der Waals surface area contributed by atoms with E-state index in [0.29, 0.717) is 17.1 Å². The molecular weight excluding hydrogens is 508 g/mol. The molecule has 4 aromatic rings. The molecule has 0 saturated heterocycles. The predicted molar refractivity (Wildman–Crippen MR) is 144 cm³/mol. The van der Waals surface area contributed by atoms with Crippen LogP contribution in [0.25, 0.3) is 0 Å². The van der Waals surface area contributed by atoms with Gasteiger partial charge in [0, 0.05) is 34.3 Å². The quantitative estimate of drug-likeness (QED) is 0.209. The first-order chi connectivity index (χ1) is 18.2. The van der Waals surface area contributed by atoms with Crippen LogP contribution >= 0.6 is 0 Å². The molecule has 0 bridgehead atoms. The van der Waals surface area contributed by atoms with Crippen LogP contribution in [0.4, 0.5) is 22.7 Å². The first-order valence-corrected chi connectivity index (χ1v) is 12.8. The van der Waals surface area contributed by atoms with E-state index >= 15 is 0 Å². The van der Waals surface area contributed by atoms with Gasteiger partial charge < -0.3 is 10.6 Å². The molecule has 0 heterocycles. The summed E-state index contributed by atoms with van der Waals surface area (Å²) >= 11 is 0. The van der Waals surface area contributed by atoms with E-state index in [-0.39, 0.29) is 28.1 Å². The molecule has 0 aliphatic rings. The minimum atomic E-state index is -3.80. The lowest BCUT2D eigenvalue weighted by molar-refractivity contribution is -0.385. The third kappa shape index (κ3) is 6.59. The minimum absolute atomic E-state index is 0.0303. The topological polar surface area (TPSA) is 148 Å². The van der Waals surface area contributed by atoms with Crippen molar-refractivity contribution in [1.29, 1.82) is 0 Å². The van der Waals surface area contributed by atoms with E-state index in [4.69, 9.17) is 0 Å². The Labute approximate surface area is 218 Å². The number of rotatable bonds is 9. The highest BCUT2D eigenvalue weighted by Crippen LogP contribution is 2.21. The molecular formula is C27H22N4O6S. The molecule has 4 rings (SSSR count). The van der Waals surface area contributed by atoms with Crippen LogP contribution in [0.5, 0.6) is 0 Å². The van der Waals surface area contributed by atoms with Gasteiger partial charge in [-0.15, -0.1) is 0 Å². The van der Waals surface area contributed by atoms with Crippen molar-refractivity contribution in [2.75, 3.05) is 15.4 Å². The van der Waals surface area contributed by atoms with Crippen LogP contribution in [0.2, 0.25) is 0 Å². The van der Waals surface area contributed by atoms with E-state index < -0.39 is 26.8 Å². The number of hydrogen-bond acceptors (Lipinski definition) is 6. The number of benzene rings is 4. The van der Waals surface area contributed by atoms with E-state index in [0.717, 1.165) is 0 Å². The molecule has 0 atom stereocenters. The van der Waals surface area contributed by atoms with Crippen LogP contribution in [0, 0.1) is 10.1 Å². The number of carbonyl (C=O) groups is 2. The zero-order valence-corrected chi connectivity index (χ0v) is 20.6. The summed E-state index contributed by atoms with van der Waals surface area (Å²) in [5.74, 6) is -0.949. The van der Waals surface area contributed by atoms with Gasteiger partial charge in [0.1, 0.15) is 0 Å². The molecule has 0 saturated carbocycles. The number of amides is 2. The number of nitrogens with one attached hydrogen (secondary N) is 3. The molecule has 0 radical (unpaired) electrons. The molecule has 0 unspecified atom stereocenters. The lowest BCUT2D eigenvalue weighted by atomic mass is 10.1. The van der Waals surface area contributed by atoms with E-state index in [1.165, 1.54) is 48.5 Å². The number of anilines is 3. The fourth-order valence-electron chi connectivity index (χ4n) is 3.60. The van der Waals surface area contributed by atoms with Crippen molar-refractivity contribution in [2.24, 2.45) is 0 Å². The molecule has 0 aromatic heterocycles. The summed E-state index contributed by atoms with van der Waals surface area (Å²) in [5.41, 5.74) is 1.52. The van der Waals surface area contributed by atoms with Gasteiger partial charge in [0.05, 0.1) is 16.2 Å². The van der Waals surface area contributed by atoms with Crippen molar-refractivity contribution in [3.05, 3.63) is 124 Å². The van der Waals surface area contributed by atoms with Gasteiger partial charge in [0.15, 0.2) is 0 Å². The number of nitrogens with zero attached hydrogens (tertiary/aromatic N) is 1. The third-order valence-electron chi connectivity index (χ3n) is 5.40. The monoisotopic (exact) mass is 530 g/mol. The first-order valence-electron chi connectivity index (χ1n) is 11.3. The minimum Gasteiger partial charge on any atom is -0.326 e. The Hall–Kier alpha value is -5.03. The molecule has 0 aliphatic heterocycles. The number of nitro groups is 1. The van der Waals surface area contributed by atoms with Crippen LogP contribution in [0.3, 0.4) is 0 Å². The summed E-state index contributed by atoms with van der Waals surface area (Å²) in [6.07, 6.45) is -0.206. The smallest absolute Gasteiger partial charge is 0.273 e. The number of para-hydroxylation sites is 2. The molecule has 0 spiro atoms. The van der Waals surface area contributed by atoms with Crippen LogP contribution in [0.15, 0.2) is 108 Å². The van der Waals surface area contributed by atoms with E-state index in [9.17, 15) is 28.1 Å². The number of sulfonamides is 1. The van der Waals surface area contributed by atoms with Gasteiger partial charge in [-0.3, -0.25) is 24.4 Å². The van der Waals surface area contributed by atoms with Gasteiger partial charge in [-0.2, -0.15) is 0 Å². The van der Waals surface area contributed by atoms with E-state index in [2.05, 4.69) is 15.4 Å². The third-order valence-corrected chi connectivity index (χ3v) is 6.79. The Morgan fingerprint density at radius 2 is 1.39 bits per heavy atom. The number of nitro benzene ring substituents is 1. The normalized spacial score (nSPS) is 10.8. The second-order valence-electron chi connectivity index (χ2n) is 8.14. The Bertz CT molecular complexity index is 1590. The second-order valence-corrected chi connectivity index (χ2v) is 9.82. The highest BCUT2D eigenvalue weighted by atomic mass is 32.2. The molecule has 4 aromatic carbocycles. The highest BCUT2D eigenvalue weighted by Gasteiger charge is 2.17. The summed E-state index contributed by atoms with van der Waals surface area (Å²) in [7, 11) is -3.80. The molecule has 192 valence electrons. The average molecular weight is 531 g/mol. The molecule has 0 fully saturated rings. The SMILES string of the molecule is O=C(Cc1ccccc1[N+](=O)[O-])Nc1cccc(C(=O)Nc2ccc(S(=O)(=O)Nc3ccccc3)cc2)c1. The van der Waals surface area contributed by atoms with Crippen LogP contribution in [-0.2, 0) is 21.2 Å². The van der Waals surface area contributed by atoms with Gasteiger partial charge in [0.2, 0.25) is 5.91 Å². The molecule has 2 amide bonds. The zero-order chi connectivity index (χ0) is 27.1. The van der Waals surface area contributed by atoms with Gasteiger partial charge in [-0.25, -0.2) is 8.42 Å². The maximum atomic E-state index is 12.8. The summed E-state index contributed by atoms with van der Waals surface area (Å²) in [5, 5.41) is 16.5. The van der Waals surface area contributed by atoms with Crippen molar-refractivity contribution in [1.82, 2.24) is 0 Å². The van der Waals surface area contributed by atoms with E-state index in [1.807, 2.05) is 0 Å². The Kier molecular flexibility index (Phi) is 7.78. The van der Waals surface area contributed by atoms with Gasteiger partial charge in [-0.1, -0.05) is 42.5 Å². The van der Waals surface area contributed by atoms with Crippen molar-refractivity contribution >= 4 is 44.6 Å². The predicted octanol–water partition coefficient (Wildman–Crippen LogP) is 4.83. The van der Waals surface area contributed by atoms with Crippen LogP contribution in [0.1, 0.15) is 15.9 Å². The number of hydrogen-bond donors (Lipinski definition) is 3. The highest BCUT2D eigenvalue weighted by molar-refractivity contribution is 7.92. The molecule has 11 heteroatoms. The fraction of sp³-hybridized carbons (Fsp3) is 0.0370. The van der Waals surface area contributed by atoms with Crippen LogP contribution in [-0.4, -0.2) is 25.2 Å². The molecule has 38 heavy (non-hydrogen) atoms. The Balaban J connectivity index is 1.39. The van der Waals surface area contributed by atoms with Crippen molar-refractivity contribution in [2.45, 2.75) is 11.3 Å². The summed E-state index contributed by atoms with van der Waals surface area (Å²) in [6.45, 7) is 0. The summed E-state index contributed by atoms with van der Waals surface area (Å²) in [6, 6.07) is 26.3. The molecule has 3 N–H and O–H groups in total. The summed E-state index contributed by atoms with van der Waals surface area (Å²) < 4.78 is 27.6. The fourth-order valence-corrected chi connectivity index (χ4v) is 4.65. The lowest BCUT2D eigenvalue weighted by Crippen LogP contribution is -2.17. The van der Waals surface area contributed by atoms with Crippen molar-refractivity contribution in [3.8, 4) is 0 Å². The van der Waals surface area contributed by atoms with Gasteiger partial charge >= 0.3 is 0 Å². The standard InChI is InChI=1S/C27H22N4O6S/c32-26(18-19-7-4-5-12-25(19)31(34)35)28-23-11-6-8-20(17-23)27(33)29-21-13-15-24(16-14-21)38(36,37)30-22-9-2-1-3-10-22/h1-17,30H,18H2,(H,28,32)(H,29,33). The number of carbonyl (C=O) groups excluding carboxylic acids is 2. The van der Waals surface area contributed by atoms with Crippen molar-refractivity contribution in [3.63, 3.8) is 0 Å². The maximum Gasteiger partial charge on any atom is 0.273 e. The van der Waals surface area contributed by atoms with Gasteiger partial charge in [0.25, 0.3) is 21.6 Å². The maximum absolute atomic E-state index is 12.8. The largest absolute Gasteiger partial charge is 0.326 e. The first kappa shape index (κ1) is 26.0. The zero-order valence-electron chi connectivity index (χ0n) is 19.8. The Morgan fingerprint density at radius 3 is 2.11 bits per heavy atom. The van der Waals surface area contributed by atoms with Crippen molar-refractivity contribution < 1.29 is 22.9 Å². The second kappa shape index (κ2) is 11.4. The summed E-state index contributed by atoms with van der Waals surface area (Å²) in [4.78, 5) is 35.9. The molecule has 10 nitrogen and oxygen atoms in total. The Morgan fingerprint density at radius 1 is 0.737 bits per heavy atom. The van der Waals surface area contributed by atoms with Gasteiger partial charge in [-0.05, 0) is 54.6 Å². The van der Waals surface area contributed by atoms with Crippen LogP contribution < -0.4 is 15.4 Å². The average Bonchev–Trinajstić information content (AvgIpc) is 2.89. The molecule has 0 aliphatic carbocycles.